The Morgan fingerprint density at radius 2 is 1.92 bits per heavy atom. The van der Waals surface area contributed by atoms with E-state index in [4.69, 9.17) is 0 Å². The Morgan fingerprint density at radius 1 is 1.19 bits per heavy atom. The van der Waals surface area contributed by atoms with Crippen LogP contribution in [0.5, 0.6) is 0 Å². The second-order valence-corrected chi connectivity index (χ2v) is 8.08. The van der Waals surface area contributed by atoms with Crippen LogP contribution in [0.3, 0.4) is 0 Å². The summed E-state index contributed by atoms with van der Waals surface area (Å²) in [6.45, 7) is 0. The Balaban J connectivity index is 1.73. The number of hydrogen-bond acceptors (Lipinski definition) is 5. The molecule has 26 heavy (non-hydrogen) atoms. The van der Waals surface area contributed by atoms with Gasteiger partial charge >= 0.3 is 0 Å². The Bertz CT molecular complexity index is 817. The molecule has 0 aliphatic heterocycles. The van der Waals surface area contributed by atoms with E-state index in [1.165, 1.54) is 11.8 Å². The molecule has 0 radical (unpaired) electrons. The molecule has 2 aromatic rings. The molecule has 2 heterocycles. The first-order valence-corrected chi connectivity index (χ1v) is 10.8. The van der Waals surface area contributed by atoms with Crippen LogP contribution in [0.25, 0.3) is 10.9 Å². The molecule has 0 unspecified atom stereocenters. The van der Waals surface area contributed by atoms with Crippen molar-refractivity contribution in [2.45, 2.75) is 37.8 Å². The van der Waals surface area contributed by atoms with Crippen LogP contribution < -0.4 is 10.6 Å². The second kappa shape index (κ2) is 8.81. The van der Waals surface area contributed by atoms with Gasteiger partial charge < -0.3 is 10.6 Å². The summed E-state index contributed by atoms with van der Waals surface area (Å²) in [5.74, 6) is 0.237. The Labute approximate surface area is 165 Å². The number of nitrogens with zero attached hydrogens (tertiary/aromatic N) is 2. The number of halogens is 1. The van der Waals surface area contributed by atoms with Gasteiger partial charge in [-0.3, -0.25) is 14.6 Å². The molecule has 3 rings (SSSR count). The molecule has 2 aromatic heterocycles. The number of carbonyl (C=O) groups excluding carboxylic acids is 2. The number of aromatic nitrogens is 2. The smallest absolute Gasteiger partial charge is 0.270 e. The van der Waals surface area contributed by atoms with Crippen molar-refractivity contribution >= 4 is 50.4 Å². The molecule has 0 aromatic carbocycles. The summed E-state index contributed by atoms with van der Waals surface area (Å²) in [7, 11) is 0. The zero-order valence-corrected chi connectivity index (χ0v) is 16.9. The lowest BCUT2D eigenvalue weighted by Crippen LogP contribution is -2.53. The first-order valence-electron chi connectivity index (χ1n) is 8.58. The van der Waals surface area contributed by atoms with Crippen LogP contribution >= 0.6 is 27.7 Å². The highest BCUT2D eigenvalue weighted by atomic mass is 79.9. The van der Waals surface area contributed by atoms with Crippen LogP contribution in [-0.2, 0) is 4.79 Å². The maximum absolute atomic E-state index is 12.7. The van der Waals surface area contributed by atoms with Crippen molar-refractivity contribution in [2.75, 3.05) is 12.0 Å². The molecule has 2 N–H and O–H groups in total. The Hall–Kier alpha value is -1.67. The molecule has 138 valence electrons. The summed E-state index contributed by atoms with van der Waals surface area (Å²) in [5, 5.41) is 6.99. The summed E-state index contributed by atoms with van der Waals surface area (Å²) < 4.78 is 0.754. The van der Waals surface area contributed by atoms with Crippen molar-refractivity contribution in [1.29, 1.82) is 0 Å². The van der Waals surface area contributed by atoms with E-state index in [0.29, 0.717) is 17.0 Å². The largest absolute Gasteiger partial charge is 0.351 e. The fraction of sp³-hybridized carbons (Fsp3) is 0.444. The van der Waals surface area contributed by atoms with Gasteiger partial charge in [0.25, 0.3) is 5.91 Å². The van der Waals surface area contributed by atoms with Crippen molar-refractivity contribution in [1.82, 2.24) is 20.6 Å². The minimum atomic E-state index is -0.216. The molecule has 1 fully saturated rings. The third-order valence-corrected chi connectivity index (χ3v) is 5.62. The van der Waals surface area contributed by atoms with Gasteiger partial charge in [-0.25, -0.2) is 4.98 Å². The molecular formula is C18H21BrN4O2S. The lowest BCUT2D eigenvalue weighted by Gasteiger charge is -2.32. The van der Waals surface area contributed by atoms with Gasteiger partial charge in [0.1, 0.15) is 5.69 Å². The molecule has 0 saturated heterocycles. The molecule has 2 amide bonds. The van der Waals surface area contributed by atoms with Gasteiger partial charge in [-0.2, -0.15) is 11.8 Å². The summed E-state index contributed by atoms with van der Waals surface area (Å²) >= 11 is 4.92. The van der Waals surface area contributed by atoms with Crippen molar-refractivity contribution in [2.24, 2.45) is 0 Å². The van der Waals surface area contributed by atoms with E-state index < -0.39 is 0 Å². The quantitative estimate of drug-likeness (QED) is 0.752. The van der Waals surface area contributed by atoms with Gasteiger partial charge in [-0.15, -0.1) is 0 Å². The minimum Gasteiger partial charge on any atom is -0.351 e. The molecule has 2 atom stereocenters. The van der Waals surface area contributed by atoms with Gasteiger partial charge in [0.15, 0.2) is 0 Å². The van der Waals surface area contributed by atoms with Crippen molar-refractivity contribution < 1.29 is 9.59 Å². The molecule has 0 spiro atoms. The van der Waals surface area contributed by atoms with Gasteiger partial charge in [0.05, 0.1) is 15.7 Å². The molecule has 6 nitrogen and oxygen atoms in total. The third kappa shape index (κ3) is 4.54. The first-order chi connectivity index (χ1) is 12.6. The highest BCUT2D eigenvalue weighted by Crippen LogP contribution is 2.22. The second-order valence-electron chi connectivity index (χ2n) is 6.36. The maximum atomic E-state index is 12.7. The first kappa shape index (κ1) is 19.1. The molecule has 0 bridgehead atoms. The number of thioether (sulfide) groups is 1. The zero-order chi connectivity index (χ0) is 18.5. The van der Waals surface area contributed by atoms with Crippen LogP contribution in [0.1, 0.15) is 36.2 Å². The average Bonchev–Trinajstić information content (AvgIpc) is 2.63. The fourth-order valence-corrected chi connectivity index (χ4v) is 4.02. The van der Waals surface area contributed by atoms with Crippen molar-refractivity contribution in [3.05, 3.63) is 34.7 Å². The van der Waals surface area contributed by atoms with Gasteiger partial charge in [-0.1, -0.05) is 12.8 Å². The van der Waals surface area contributed by atoms with Gasteiger partial charge in [0.2, 0.25) is 5.91 Å². The lowest BCUT2D eigenvalue weighted by molar-refractivity contribution is -0.119. The summed E-state index contributed by atoms with van der Waals surface area (Å²) in [4.78, 5) is 33.2. The average molecular weight is 437 g/mol. The third-order valence-electron chi connectivity index (χ3n) is 4.49. The molecule has 1 saturated carbocycles. The van der Waals surface area contributed by atoms with Crippen LogP contribution in [0.15, 0.2) is 29.0 Å². The highest BCUT2D eigenvalue weighted by molar-refractivity contribution is 9.10. The van der Waals surface area contributed by atoms with E-state index in [1.54, 1.807) is 18.5 Å². The number of pyridine rings is 2. The normalized spacial score (nSPS) is 19.9. The number of carbonyl (C=O) groups is 2. The summed E-state index contributed by atoms with van der Waals surface area (Å²) in [6, 6.07) is 3.45. The van der Waals surface area contributed by atoms with E-state index in [2.05, 4.69) is 36.5 Å². The predicted molar refractivity (Wildman–Crippen MR) is 107 cm³/mol. The topological polar surface area (TPSA) is 84.0 Å². The van der Waals surface area contributed by atoms with Crippen molar-refractivity contribution in [3.8, 4) is 0 Å². The minimum absolute atomic E-state index is 0.0175. The number of hydrogen-bond donors (Lipinski definition) is 2. The molecule has 8 heteroatoms. The van der Waals surface area contributed by atoms with Crippen LogP contribution in [0, 0.1) is 0 Å². The summed E-state index contributed by atoms with van der Waals surface area (Å²) in [5.41, 5.74) is 1.07. The fourth-order valence-electron chi connectivity index (χ4n) is 3.23. The van der Waals surface area contributed by atoms with Gasteiger partial charge in [-0.05, 0) is 47.2 Å². The number of nitrogens with one attached hydrogen (secondary N) is 2. The van der Waals surface area contributed by atoms with Crippen LogP contribution in [-0.4, -0.2) is 45.9 Å². The predicted octanol–water partition coefficient (Wildman–Crippen LogP) is 2.91. The van der Waals surface area contributed by atoms with E-state index >= 15 is 0 Å². The number of amides is 2. The van der Waals surface area contributed by atoms with E-state index in [1.807, 2.05) is 12.3 Å². The Morgan fingerprint density at radius 3 is 2.65 bits per heavy atom. The van der Waals surface area contributed by atoms with E-state index in [-0.39, 0.29) is 23.9 Å². The molecular weight excluding hydrogens is 416 g/mol. The zero-order valence-electron chi connectivity index (χ0n) is 14.5. The Kier molecular flexibility index (Phi) is 6.48. The number of rotatable bonds is 5. The van der Waals surface area contributed by atoms with E-state index in [9.17, 15) is 9.59 Å². The van der Waals surface area contributed by atoms with E-state index in [0.717, 1.165) is 35.5 Å². The molecule has 1 aliphatic carbocycles. The lowest BCUT2D eigenvalue weighted by atomic mass is 9.90. The standard InChI is InChI=1S/C18H21BrN4O2S/c1-26-10-16(24)21-13-4-2-3-5-14(13)23-18(25)15-7-6-11-8-20-9-12(19)17(11)22-15/h6-9,13-14H,2-5,10H2,1H3,(H,21,24)(H,23,25)/t13-,14-/m1/s1. The maximum Gasteiger partial charge on any atom is 0.270 e. The van der Waals surface area contributed by atoms with Crippen LogP contribution in [0.4, 0.5) is 0 Å². The van der Waals surface area contributed by atoms with Crippen molar-refractivity contribution in [3.63, 3.8) is 0 Å². The molecule has 1 aliphatic rings. The summed E-state index contributed by atoms with van der Waals surface area (Å²) in [6.07, 6.45) is 9.12. The monoisotopic (exact) mass is 436 g/mol. The SMILES string of the molecule is CSCC(=O)N[C@@H]1CCCC[C@H]1NC(=O)c1ccc2cncc(Br)c2n1. The highest BCUT2D eigenvalue weighted by Gasteiger charge is 2.28. The van der Waals surface area contributed by atoms with Crippen LogP contribution in [0.2, 0.25) is 0 Å². The number of fused-ring (bicyclic) bond motifs is 1. The van der Waals surface area contributed by atoms with Gasteiger partial charge in [0, 0.05) is 29.9 Å².